The van der Waals surface area contributed by atoms with Crippen LogP contribution >= 0.6 is 0 Å². The minimum atomic E-state index is -4.88. The second-order valence-electron chi connectivity index (χ2n) is 6.83. The molecule has 34 heavy (non-hydrogen) atoms. The Hall–Kier alpha value is -3.58. The van der Waals surface area contributed by atoms with Gasteiger partial charge in [0.25, 0.3) is 5.91 Å². The first kappa shape index (κ1) is 25.1. The van der Waals surface area contributed by atoms with Crippen LogP contribution in [0.15, 0.2) is 71.6 Å². The number of primary sulfonamides is 1. The molecule has 180 valence electrons. The average Bonchev–Trinajstić information content (AvgIpc) is 2.72. The number of carbonyl (C=O) groups is 1. The van der Waals surface area contributed by atoms with Gasteiger partial charge in [0.15, 0.2) is 0 Å². The number of benzene rings is 3. The van der Waals surface area contributed by atoms with E-state index in [0.717, 1.165) is 30.3 Å². The fourth-order valence-electron chi connectivity index (χ4n) is 2.83. The molecular weight excluding hydrogens is 490 g/mol. The van der Waals surface area contributed by atoms with Crippen molar-refractivity contribution in [2.75, 3.05) is 5.32 Å². The van der Waals surface area contributed by atoms with E-state index in [4.69, 9.17) is 9.88 Å². The van der Waals surface area contributed by atoms with E-state index in [1.807, 2.05) is 0 Å². The van der Waals surface area contributed by atoms with Crippen LogP contribution in [0.1, 0.15) is 21.5 Å². The number of hydrogen-bond acceptors (Lipinski definition) is 4. The summed E-state index contributed by atoms with van der Waals surface area (Å²) in [6, 6.07) is 10.1. The van der Waals surface area contributed by atoms with Crippen LogP contribution in [-0.4, -0.2) is 14.3 Å². The molecule has 0 saturated heterocycles. The first-order valence-electron chi connectivity index (χ1n) is 9.16. The lowest BCUT2D eigenvalue weighted by atomic mass is 10.1. The van der Waals surface area contributed by atoms with E-state index in [-0.39, 0.29) is 10.6 Å². The highest BCUT2D eigenvalue weighted by Crippen LogP contribution is 2.40. The molecular formula is C21H14F6N2O4S. The van der Waals surface area contributed by atoms with Crippen LogP contribution in [0.5, 0.6) is 11.5 Å². The number of carbonyl (C=O) groups excluding carboxylic acids is 1. The highest BCUT2D eigenvalue weighted by molar-refractivity contribution is 7.89. The summed E-state index contributed by atoms with van der Waals surface area (Å²) in [6.07, 6.45) is -9.75. The highest BCUT2D eigenvalue weighted by Gasteiger charge is 2.35. The van der Waals surface area contributed by atoms with Crippen molar-refractivity contribution in [3.05, 3.63) is 83.4 Å². The highest BCUT2D eigenvalue weighted by atomic mass is 32.2. The maximum Gasteiger partial charge on any atom is 0.419 e. The number of amides is 1. The fourth-order valence-corrected chi connectivity index (χ4v) is 3.39. The van der Waals surface area contributed by atoms with Crippen LogP contribution < -0.4 is 15.2 Å². The van der Waals surface area contributed by atoms with Gasteiger partial charge in [-0.25, -0.2) is 13.6 Å². The average molecular weight is 504 g/mol. The fraction of sp³-hybridized carbons (Fsp3) is 0.0952. The molecule has 13 heteroatoms. The molecule has 0 aliphatic carbocycles. The van der Waals surface area contributed by atoms with Crippen molar-refractivity contribution in [3.63, 3.8) is 0 Å². The van der Waals surface area contributed by atoms with Gasteiger partial charge in [-0.1, -0.05) is 18.2 Å². The molecule has 0 radical (unpaired) electrons. The first-order valence-corrected chi connectivity index (χ1v) is 10.7. The Morgan fingerprint density at radius 2 is 1.50 bits per heavy atom. The number of para-hydroxylation sites is 1. The van der Waals surface area contributed by atoms with Gasteiger partial charge in [0.2, 0.25) is 10.0 Å². The zero-order chi connectivity index (χ0) is 25.3. The normalized spacial score (nSPS) is 12.3. The minimum absolute atomic E-state index is 0.0851. The molecule has 0 atom stereocenters. The van der Waals surface area contributed by atoms with E-state index >= 15 is 0 Å². The summed E-state index contributed by atoms with van der Waals surface area (Å²) in [5.41, 5.74) is -3.15. The summed E-state index contributed by atoms with van der Waals surface area (Å²) in [7, 11) is -4.12. The lowest BCUT2D eigenvalue weighted by Crippen LogP contribution is -2.16. The Morgan fingerprint density at radius 3 is 2.12 bits per heavy atom. The van der Waals surface area contributed by atoms with Crippen LogP contribution in [0.25, 0.3) is 0 Å². The summed E-state index contributed by atoms with van der Waals surface area (Å²) in [5.74, 6) is -2.69. The summed E-state index contributed by atoms with van der Waals surface area (Å²) < 4.78 is 108. The van der Waals surface area contributed by atoms with Crippen molar-refractivity contribution >= 4 is 21.6 Å². The number of hydrogen-bond donors (Lipinski definition) is 2. The maximum absolute atomic E-state index is 13.3. The lowest BCUT2D eigenvalue weighted by molar-refractivity contribution is -0.139. The van der Waals surface area contributed by atoms with Gasteiger partial charge in [0, 0.05) is 5.69 Å². The first-order chi connectivity index (χ1) is 15.7. The van der Waals surface area contributed by atoms with Crippen molar-refractivity contribution in [1.82, 2.24) is 0 Å². The number of nitrogens with two attached hydrogens (primary N) is 1. The number of sulfonamides is 1. The van der Waals surface area contributed by atoms with Gasteiger partial charge < -0.3 is 10.1 Å². The zero-order valence-corrected chi connectivity index (χ0v) is 17.6. The SMILES string of the molecule is NS(=O)(=O)c1cccc(NC(=O)c2ccc(C(F)(F)F)cc2Oc2ccccc2C(F)(F)F)c1. The number of alkyl halides is 6. The molecule has 0 fully saturated rings. The Bertz CT molecular complexity index is 1340. The van der Waals surface area contributed by atoms with Crippen LogP contribution in [0.3, 0.4) is 0 Å². The van der Waals surface area contributed by atoms with E-state index < -0.39 is 56.5 Å². The quantitative estimate of drug-likeness (QED) is 0.454. The molecule has 0 saturated carbocycles. The summed E-state index contributed by atoms with van der Waals surface area (Å²) in [4.78, 5) is 12.4. The third kappa shape index (κ3) is 5.85. The summed E-state index contributed by atoms with van der Waals surface area (Å²) in [6.45, 7) is 0. The van der Waals surface area contributed by atoms with E-state index in [1.165, 1.54) is 18.2 Å². The maximum atomic E-state index is 13.3. The van der Waals surface area contributed by atoms with Crippen LogP contribution in [-0.2, 0) is 22.4 Å². The minimum Gasteiger partial charge on any atom is -0.456 e. The molecule has 1 amide bonds. The molecule has 0 unspecified atom stereocenters. The second kappa shape index (κ2) is 8.99. The van der Waals surface area contributed by atoms with Gasteiger partial charge in [-0.15, -0.1) is 0 Å². The molecule has 0 aliphatic heterocycles. The number of halogens is 6. The van der Waals surface area contributed by atoms with Gasteiger partial charge in [0.05, 0.1) is 21.6 Å². The van der Waals surface area contributed by atoms with E-state index in [2.05, 4.69) is 5.32 Å². The predicted octanol–water partition coefficient (Wildman–Crippen LogP) is 5.42. The Kier molecular flexibility index (Phi) is 6.62. The zero-order valence-electron chi connectivity index (χ0n) is 16.7. The molecule has 0 heterocycles. The predicted molar refractivity (Wildman–Crippen MR) is 109 cm³/mol. The smallest absolute Gasteiger partial charge is 0.419 e. The van der Waals surface area contributed by atoms with E-state index in [9.17, 15) is 39.6 Å². The van der Waals surface area contributed by atoms with E-state index in [1.54, 1.807) is 0 Å². The Balaban J connectivity index is 2.04. The molecule has 3 N–H and O–H groups in total. The van der Waals surface area contributed by atoms with Crippen molar-refractivity contribution in [2.24, 2.45) is 5.14 Å². The molecule has 0 bridgehead atoms. The van der Waals surface area contributed by atoms with Crippen molar-refractivity contribution in [2.45, 2.75) is 17.2 Å². The third-order valence-electron chi connectivity index (χ3n) is 4.39. The van der Waals surface area contributed by atoms with Gasteiger partial charge in [-0.3, -0.25) is 4.79 Å². The standard InChI is InChI=1S/C21H14F6N2O4S/c22-20(23,24)12-8-9-15(19(30)29-13-4-3-5-14(11-13)34(28,31)32)18(10-12)33-17-7-2-1-6-16(17)21(25,26)27/h1-11H,(H,29,30)(H2,28,31,32). The van der Waals surface area contributed by atoms with Crippen LogP contribution in [0.4, 0.5) is 32.0 Å². The second-order valence-corrected chi connectivity index (χ2v) is 8.39. The molecule has 0 aromatic heterocycles. The van der Waals surface area contributed by atoms with E-state index in [0.29, 0.717) is 18.2 Å². The summed E-state index contributed by atoms with van der Waals surface area (Å²) in [5, 5.41) is 7.28. The topological polar surface area (TPSA) is 98.5 Å². The summed E-state index contributed by atoms with van der Waals surface area (Å²) >= 11 is 0. The van der Waals surface area contributed by atoms with Gasteiger partial charge in [0.1, 0.15) is 11.5 Å². The number of ether oxygens (including phenoxy) is 1. The lowest BCUT2D eigenvalue weighted by Gasteiger charge is -2.17. The Labute approximate surface area is 189 Å². The molecule has 3 rings (SSSR count). The molecule has 0 spiro atoms. The number of rotatable bonds is 5. The van der Waals surface area contributed by atoms with Gasteiger partial charge in [-0.2, -0.15) is 26.3 Å². The van der Waals surface area contributed by atoms with Crippen molar-refractivity contribution in [1.29, 1.82) is 0 Å². The van der Waals surface area contributed by atoms with Gasteiger partial charge >= 0.3 is 12.4 Å². The number of anilines is 1. The molecule has 0 aliphatic rings. The molecule has 3 aromatic rings. The third-order valence-corrected chi connectivity index (χ3v) is 5.30. The van der Waals surface area contributed by atoms with Crippen molar-refractivity contribution in [3.8, 4) is 11.5 Å². The largest absolute Gasteiger partial charge is 0.456 e. The number of nitrogens with one attached hydrogen (secondary N) is 1. The van der Waals surface area contributed by atoms with Crippen molar-refractivity contribution < 1.29 is 44.3 Å². The van der Waals surface area contributed by atoms with Gasteiger partial charge in [-0.05, 0) is 48.5 Å². The van der Waals surface area contributed by atoms with Crippen LogP contribution in [0.2, 0.25) is 0 Å². The Morgan fingerprint density at radius 1 is 0.824 bits per heavy atom. The van der Waals surface area contributed by atoms with Crippen LogP contribution in [0, 0.1) is 0 Å². The molecule has 3 aromatic carbocycles. The monoisotopic (exact) mass is 504 g/mol. The molecule has 6 nitrogen and oxygen atoms in total.